The lowest BCUT2D eigenvalue weighted by atomic mass is 9.60. The third kappa shape index (κ3) is 4.66. The largest absolute Gasteiger partial charge is 0.506 e. The molecule has 1 atom stereocenters. The molecule has 5 aromatic rings. The number of nitrogens with one attached hydrogen (secondary N) is 3. The summed E-state index contributed by atoms with van der Waals surface area (Å²) in [6, 6.07) is 31.7. The van der Waals surface area contributed by atoms with Crippen LogP contribution >= 0.6 is 0 Å². The molecule has 4 N–H and O–H groups in total. The number of anilines is 3. The van der Waals surface area contributed by atoms with E-state index in [1.54, 1.807) is 14.2 Å². The van der Waals surface area contributed by atoms with E-state index in [9.17, 15) is 9.90 Å². The monoisotopic (exact) mass is 668 g/mol. The zero-order chi connectivity index (χ0) is 35.0. The maximum atomic E-state index is 14.5. The van der Waals surface area contributed by atoms with Gasteiger partial charge in [-0.3, -0.25) is 4.79 Å². The van der Waals surface area contributed by atoms with Gasteiger partial charge in [-0.05, 0) is 76.5 Å². The van der Waals surface area contributed by atoms with Crippen LogP contribution in [0.15, 0.2) is 132 Å². The molecule has 9 rings (SSSR count). The van der Waals surface area contributed by atoms with Gasteiger partial charge in [0.25, 0.3) is 0 Å². The molecule has 4 aliphatic rings. The number of aliphatic hydroxyl groups is 1. The van der Waals surface area contributed by atoms with E-state index >= 15 is 0 Å². The van der Waals surface area contributed by atoms with Crippen LogP contribution in [0.2, 0.25) is 0 Å². The Balaban J connectivity index is 1.18. The highest BCUT2D eigenvalue weighted by molar-refractivity contribution is 6.80. The normalized spacial score (nSPS) is 18.5. The maximum Gasteiger partial charge on any atom is 0.409 e. The lowest BCUT2D eigenvalue weighted by Gasteiger charge is -2.47. The number of allylic oxidation sites excluding steroid dienone is 3. The Bertz CT molecular complexity index is 2400. The molecule has 2 heterocycles. The Hall–Kier alpha value is -6.28. The number of Topliss-reactive ketones (excluding diaryl/α,β-unsaturated/α-hetero) is 1. The van der Waals surface area contributed by atoms with Crippen LogP contribution in [0, 0.1) is 0 Å². The summed E-state index contributed by atoms with van der Waals surface area (Å²) >= 11 is 0. The predicted molar refractivity (Wildman–Crippen MR) is 208 cm³/mol. The van der Waals surface area contributed by atoms with Crippen molar-refractivity contribution >= 4 is 70.2 Å². The number of methoxy groups -OCH3 is 2. The Labute approximate surface area is 297 Å². The number of carbonyl (C=O) groups is 1. The lowest BCUT2D eigenvalue weighted by molar-refractivity contribution is -0.111. The van der Waals surface area contributed by atoms with E-state index in [-0.39, 0.29) is 31.5 Å². The lowest BCUT2D eigenvalue weighted by Crippen LogP contribution is -2.57. The van der Waals surface area contributed by atoms with Crippen molar-refractivity contribution in [1.82, 2.24) is 4.81 Å². The molecule has 0 fully saturated rings. The van der Waals surface area contributed by atoms with Gasteiger partial charge in [-0.15, -0.1) is 0 Å². The fraction of sp³-hybridized carbons (Fsp3) is 0.0976. The highest BCUT2D eigenvalue weighted by atomic mass is 16.5. The van der Waals surface area contributed by atoms with Crippen molar-refractivity contribution in [2.24, 2.45) is 0 Å². The summed E-state index contributed by atoms with van der Waals surface area (Å²) in [5.41, 5.74) is 9.72. The Morgan fingerprint density at radius 1 is 0.784 bits per heavy atom. The molecule has 0 saturated carbocycles. The highest BCUT2D eigenvalue weighted by Crippen LogP contribution is 2.51. The van der Waals surface area contributed by atoms with Crippen LogP contribution in [-0.2, 0) is 4.79 Å². The van der Waals surface area contributed by atoms with Gasteiger partial charge >= 0.3 is 14.0 Å². The van der Waals surface area contributed by atoms with Gasteiger partial charge in [-0.25, -0.2) is 0 Å². The molecule has 10 heteroatoms. The molecule has 248 valence electrons. The van der Waals surface area contributed by atoms with Crippen LogP contribution < -0.4 is 36.1 Å². The Morgan fingerprint density at radius 3 is 2.16 bits per heavy atom. The summed E-state index contributed by atoms with van der Waals surface area (Å²) in [5, 5.41) is 25.0. The number of benzene rings is 5. The van der Waals surface area contributed by atoms with Crippen molar-refractivity contribution < 1.29 is 19.4 Å². The number of aliphatic hydroxyl groups excluding tert-OH is 1. The second-order valence-corrected chi connectivity index (χ2v) is 13.3. The minimum Gasteiger partial charge on any atom is -0.506 e. The van der Waals surface area contributed by atoms with E-state index in [0.717, 1.165) is 72.7 Å². The molecule has 0 amide bonds. The van der Waals surface area contributed by atoms with E-state index < -0.39 is 0 Å². The number of rotatable bonds is 6. The van der Waals surface area contributed by atoms with Gasteiger partial charge in [0, 0.05) is 33.6 Å². The molecule has 51 heavy (non-hydrogen) atoms. The second kappa shape index (κ2) is 11.7. The van der Waals surface area contributed by atoms with Crippen LogP contribution in [0.1, 0.15) is 29.7 Å². The number of ketones is 1. The molecular weight excluding hydrogens is 634 g/mol. The molecule has 0 saturated heterocycles. The summed E-state index contributed by atoms with van der Waals surface area (Å²) in [5.74, 6) is 1.35. The van der Waals surface area contributed by atoms with E-state index in [4.69, 9.17) is 9.47 Å². The van der Waals surface area contributed by atoms with Crippen molar-refractivity contribution in [1.29, 1.82) is 0 Å². The van der Waals surface area contributed by atoms with Crippen LogP contribution in [0.3, 0.4) is 0 Å². The van der Waals surface area contributed by atoms with Crippen molar-refractivity contribution in [3.05, 3.63) is 149 Å². The summed E-state index contributed by atoms with van der Waals surface area (Å²) in [6.07, 6.45) is 4.01. The van der Waals surface area contributed by atoms with Crippen molar-refractivity contribution in [3.63, 3.8) is 0 Å². The van der Waals surface area contributed by atoms with E-state index in [2.05, 4.69) is 45.3 Å². The first kappa shape index (κ1) is 30.8. The van der Waals surface area contributed by atoms with Crippen LogP contribution in [-0.4, -0.2) is 43.9 Å². The number of nitrogens with zero attached hydrogens (tertiary/aromatic N) is 1. The third-order valence-corrected chi connectivity index (χ3v) is 10.4. The van der Waals surface area contributed by atoms with Crippen molar-refractivity contribution in [3.8, 4) is 11.5 Å². The summed E-state index contributed by atoms with van der Waals surface area (Å²) in [6.45, 7) is 5.83. The zero-order valence-corrected chi connectivity index (χ0v) is 28.5. The fourth-order valence-electron chi connectivity index (χ4n) is 8.01. The van der Waals surface area contributed by atoms with Crippen molar-refractivity contribution in [2.45, 2.75) is 13.0 Å². The molecule has 2 aliphatic heterocycles. The van der Waals surface area contributed by atoms with Gasteiger partial charge in [0.2, 0.25) is 5.78 Å². The van der Waals surface area contributed by atoms with Crippen LogP contribution in [0.5, 0.6) is 11.5 Å². The SMILES string of the molecule is C=C(C)N1B(c2ccc(OC)cc2)Nc2cccc3c2C1/C(=C1\C(=O)C(c2ccc4cccc5c4c2NB(c2ccc(OC)cc2)N5)=C1O)C=C3. The molecular formula is C41H34B2N4O4. The first-order chi connectivity index (χ1) is 24.9. The van der Waals surface area contributed by atoms with E-state index in [0.29, 0.717) is 16.7 Å². The Kier molecular flexibility index (Phi) is 7.03. The van der Waals surface area contributed by atoms with E-state index in [1.165, 1.54) is 0 Å². The topological polar surface area (TPSA) is 95.1 Å². The summed E-state index contributed by atoms with van der Waals surface area (Å²) in [7, 11) is 3.30. The minimum absolute atomic E-state index is 0.00353. The molecule has 0 spiro atoms. The summed E-state index contributed by atoms with van der Waals surface area (Å²) in [4.78, 5) is 16.7. The second-order valence-electron chi connectivity index (χ2n) is 13.3. The number of carbonyl (C=O) groups excluding carboxylic acids is 1. The molecule has 0 bridgehead atoms. The third-order valence-electron chi connectivity index (χ3n) is 10.4. The fourth-order valence-corrected chi connectivity index (χ4v) is 8.01. The van der Waals surface area contributed by atoms with Gasteiger partial charge < -0.3 is 35.1 Å². The van der Waals surface area contributed by atoms with Gasteiger partial charge in [0.05, 0.1) is 31.4 Å². The predicted octanol–water partition coefficient (Wildman–Crippen LogP) is 6.66. The van der Waals surface area contributed by atoms with Crippen molar-refractivity contribution in [2.75, 3.05) is 29.9 Å². The molecule has 5 aromatic carbocycles. The van der Waals surface area contributed by atoms with Crippen LogP contribution in [0.25, 0.3) is 22.4 Å². The molecule has 8 nitrogen and oxygen atoms in total. The van der Waals surface area contributed by atoms with Gasteiger partial charge in [-0.1, -0.05) is 79.4 Å². The maximum absolute atomic E-state index is 14.5. The molecule has 0 aromatic heterocycles. The highest BCUT2D eigenvalue weighted by Gasteiger charge is 2.47. The van der Waals surface area contributed by atoms with Crippen LogP contribution in [0.4, 0.5) is 17.1 Å². The summed E-state index contributed by atoms with van der Waals surface area (Å²) < 4.78 is 10.8. The Morgan fingerprint density at radius 2 is 1.47 bits per heavy atom. The quantitative estimate of drug-likeness (QED) is 0.118. The first-order valence-corrected chi connectivity index (χ1v) is 17.0. The molecule has 1 unspecified atom stereocenters. The number of hydrogen-bond donors (Lipinski definition) is 4. The van der Waals surface area contributed by atoms with Gasteiger partial charge in [-0.2, -0.15) is 0 Å². The van der Waals surface area contributed by atoms with Gasteiger partial charge in [0.1, 0.15) is 17.3 Å². The molecule has 2 aliphatic carbocycles. The average molecular weight is 668 g/mol. The van der Waals surface area contributed by atoms with E-state index in [1.807, 2.05) is 97.9 Å². The zero-order valence-electron chi connectivity index (χ0n) is 28.5. The first-order valence-electron chi connectivity index (χ1n) is 17.0. The number of ether oxygens (including phenoxy) is 2. The molecule has 0 radical (unpaired) electrons. The average Bonchev–Trinajstić information content (AvgIpc) is 3.16. The standard InChI is InChI=1S/C41H34B2N4O4/c1-23(2)47-39-31(22-12-25-8-6-10-33(35(25)39)45-43(47)27-15-19-29(51-4)20-16-27)37-40(48)36(41(37)49)30-21-11-24-7-5-9-32-34(24)38(30)46-42(44-32)26-13-17-28(50-3)18-14-26/h5-22,39,44-46,48H,1H2,2-4H3/b37-31-. The number of hydrogen-bond acceptors (Lipinski definition) is 8. The van der Waals surface area contributed by atoms with Gasteiger partial charge in [0.15, 0.2) is 0 Å². The minimum atomic E-state index is -0.363. The smallest absolute Gasteiger partial charge is 0.409 e.